The van der Waals surface area contributed by atoms with Gasteiger partial charge in [0.2, 0.25) is 0 Å². The van der Waals surface area contributed by atoms with E-state index in [1.807, 2.05) is 0 Å². The zero-order chi connectivity index (χ0) is 42.4. The van der Waals surface area contributed by atoms with E-state index in [0.717, 1.165) is 34.1 Å². The molecule has 0 bridgehead atoms. The third-order valence-corrected chi connectivity index (χ3v) is 11.9. The fraction of sp³-hybridized carbons (Fsp3) is 0.100. The summed E-state index contributed by atoms with van der Waals surface area (Å²) in [6, 6.07) is 83.7. The van der Waals surface area contributed by atoms with Gasteiger partial charge in [-0.1, -0.05) is 185 Å². The van der Waals surface area contributed by atoms with Crippen molar-refractivity contribution in [3.63, 3.8) is 0 Å². The summed E-state index contributed by atoms with van der Waals surface area (Å²) in [6.45, 7) is 8.97. The van der Waals surface area contributed by atoms with Crippen LogP contribution >= 0.6 is 0 Å². The lowest BCUT2D eigenvalue weighted by molar-refractivity contribution is 0.866. The number of anilines is 6. The fourth-order valence-corrected chi connectivity index (χ4v) is 8.24. The van der Waals surface area contributed by atoms with Gasteiger partial charge in [0.1, 0.15) is 0 Å². The van der Waals surface area contributed by atoms with Crippen LogP contribution in [0.3, 0.4) is 0 Å². The van der Waals surface area contributed by atoms with Gasteiger partial charge in [-0.05, 0) is 140 Å². The summed E-state index contributed by atoms with van der Waals surface area (Å²) in [7, 11) is 0. The van der Waals surface area contributed by atoms with E-state index in [9.17, 15) is 0 Å². The van der Waals surface area contributed by atoms with Crippen molar-refractivity contribution in [1.82, 2.24) is 0 Å². The molecule has 0 N–H and O–H groups in total. The van der Waals surface area contributed by atoms with Crippen molar-refractivity contribution in [2.75, 3.05) is 9.80 Å². The second-order valence-corrected chi connectivity index (χ2v) is 16.7. The van der Waals surface area contributed by atoms with Crippen molar-refractivity contribution in [3.8, 4) is 44.5 Å². The van der Waals surface area contributed by atoms with E-state index >= 15 is 0 Å². The number of nitrogens with zero attached hydrogens (tertiary/aromatic N) is 2. The lowest BCUT2D eigenvalue weighted by Gasteiger charge is -2.27. The Labute approximate surface area is 368 Å². The molecule has 0 atom stereocenters. The zero-order valence-corrected chi connectivity index (χ0v) is 36.0. The van der Waals surface area contributed by atoms with Crippen molar-refractivity contribution in [2.24, 2.45) is 0 Å². The Morgan fingerprint density at radius 2 is 0.387 bits per heavy atom. The summed E-state index contributed by atoms with van der Waals surface area (Å²) in [5.74, 6) is 0.985. The molecule has 0 fully saturated rings. The van der Waals surface area contributed by atoms with Gasteiger partial charge in [0.15, 0.2) is 0 Å². The summed E-state index contributed by atoms with van der Waals surface area (Å²) in [6.07, 6.45) is 0. The van der Waals surface area contributed by atoms with E-state index in [0.29, 0.717) is 11.8 Å². The Kier molecular flexibility index (Phi) is 11.7. The SMILES string of the molecule is CC(C)c1ccc(-c2ccc(N(c3ccc(-c4ccc(N(c5ccc(-c6ccccc6)cc5)c5ccc(-c6ccccc6)cc5)cc4)cc3)c3ccc(C(C)C)cc3)cc2)cc1. The summed E-state index contributed by atoms with van der Waals surface area (Å²) < 4.78 is 0. The summed E-state index contributed by atoms with van der Waals surface area (Å²) >= 11 is 0. The van der Waals surface area contributed by atoms with Crippen LogP contribution in [0.4, 0.5) is 34.1 Å². The van der Waals surface area contributed by atoms with Crippen LogP contribution in [0.15, 0.2) is 231 Å². The van der Waals surface area contributed by atoms with Gasteiger partial charge in [-0.2, -0.15) is 0 Å². The molecule has 0 amide bonds. The second-order valence-electron chi connectivity index (χ2n) is 16.7. The van der Waals surface area contributed by atoms with Gasteiger partial charge in [-0.15, -0.1) is 0 Å². The number of hydrogen-bond donors (Lipinski definition) is 0. The van der Waals surface area contributed by atoms with E-state index < -0.39 is 0 Å². The van der Waals surface area contributed by atoms with E-state index in [-0.39, 0.29) is 0 Å². The van der Waals surface area contributed by atoms with Crippen LogP contribution < -0.4 is 9.80 Å². The maximum absolute atomic E-state index is 2.35. The first-order valence-electron chi connectivity index (χ1n) is 21.8. The third-order valence-electron chi connectivity index (χ3n) is 11.9. The molecule has 0 saturated carbocycles. The maximum atomic E-state index is 2.35. The Hall–Kier alpha value is -7.42. The molecule has 0 aliphatic heterocycles. The molecule has 62 heavy (non-hydrogen) atoms. The van der Waals surface area contributed by atoms with E-state index in [1.54, 1.807) is 0 Å². The predicted molar refractivity (Wildman–Crippen MR) is 266 cm³/mol. The first-order valence-corrected chi connectivity index (χ1v) is 21.8. The van der Waals surface area contributed by atoms with Gasteiger partial charge in [0, 0.05) is 34.1 Å². The lowest BCUT2D eigenvalue weighted by atomic mass is 9.98. The lowest BCUT2D eigenvalue weighted by Crippen LogP contribution is -2.10. The molecule has 0 spiro atoms. The molecule has 0 aliphatic rings. The minimum absolute atomic E-state index is 0.469. The molecule has 9 rings (SSSR count). The number of hydrogen-bond acceptors (Lipinski definition) is 2. The minimum atomic E-state index is 0.469. The Bertz CT molecular complexity index is 2720. The molecule has 0 aromatic heterocycles. The first-order chi connectivity index (χ1) is 30.4. The van der Waals surface area contributed by atoms with E-state index in [2.05, 4.69) is 268 Å². The molecular formula is C60H52N2. The van der Waals surface area contributed by atoms with Gasteiger partial charge in [0.05, 0.1) is 0 Å². The average Bonchev–Trinajstić information content (AvgIpc) is 3.34. The summed E-state index contributed by atoms with van der Waals surface area (Å²) in [4.78, 5) is 4.69. The molecule has 9 aromatic rings. The quantitative estimate of drug-likeness (QED) is 0.121. The highest BCUT2D eigenvalue weighted by Crippen LogP contribution is 2.40. The molecule has 302 valence electrons. The van der Waals surface area contributed by atoms with Crippen molar-refractivity contribution in [1.29, 1.82) is 0 Å². The molecule has 0 unspecified atom stereocenters. The van der Waals surface area contributed by atoms with E-state index in [4.69, 9.17) is 0 Å². The van der Waals surface area contributed by atoms with Gasteiger partial charge >= 0.3 is 0 Å². The van der Waals surface area contributed by atoms with Crippen molar-refractivity contribution in [2.45, 2.75) is 39.5 Å². The molecule has 0 heterocycles. The van der Waals surface area contributed by atoms with Crippen molar-refractivity contribution < 1.29 is 0 Å². The highest BCUT2D eigenvalue weighted by molar-refractivity contribution is 5.83. The van der Waals surface area contributed by atoms with Crippen LogP contribution in [-0.4, -0.2) is 0 Å². The monoisotopic (exact) mass is 800 g/mol. The highest BCUT2D eigenvalue weighted by atomic mass is 15.1. The third kappa shape index (κ3) is 8.73. The molecular weight excluding hydrogens is 749 g/mol. The molecule has 2 heteroatoms. The van der Waals surface area contributed by atoms with Crippen LogP contribution in [0.1, 0.15) is 50.7 Å². The summed E-state index contributed by atoms with van der Waals surface area (Å²) in [5, 5.41) is 0. The second kappa shape index (κ2) is 18.1. The molecule has 0 radical (unpaired) electrons. The zero-order valence-electron chi connectivity index (χ0n) is 36.0. The van der Waals surface area contributed by atoms with Gasteiger partial charge in [-0.25, -0.2) is 0 Å². The fourth-order valence-electron chi connectivity index (χ4n) is 8.24. The molecule has 9 aromatic carbocycles. The largest absolute Gasteiger partial charge is 0.311 e. The average molecular weight is 801 g/mol. The number of rotatable bonds is 12. The van der Waals surface area contributed by atoms with E-state index in [1.165, 1.54) is 55.6 Å². The van der Waals surface area contributed by atoms with Crippen molar-refractivity contribution in [3.05, 3.63) is 242 Å². The molecule has 0 saturated heterocycles. The molecule has 2 nitrogen and oxygen atoms in total. The van der Waals surface area contributed by atoms with Crippen molar-refractivity contribution >= 4 is 34.1 Å². The number of benzene rings is 9. The predicted octanol–water partition coefficient (Wildman–Crippen LogP) is 17.5. The van der Waals surface area contributed by atoms with Crippen LogP contribution in [0.5, 0.6) is 0 Å². The smallest absolute Gasteiger partial charge is 0.0462 e. The van der Waals surface area contributed by atoms with Crippen LogP contribution in [0.2, 0.25) is 0 Å². The van der Waals surface area contributed by atoms with Crippen LogP contribution in [-0.2, 0) is 0 Å². The van der Waals surface area contributed by atoms with Crippen LogP contribution in [0, 0.1) is 0 Å². The van der Waals surface area contributed by atoms with Crippen LogP contribution in [0.25, 0.3) is 44.5 Å². The summed E-state index contributed by atoms with van der Waals surface area (Å²) in [5.41, 5.74) is 19.0. The Morgan fingerprint density at radius 3 is 0.613 bits per heavy atom. The first kappa shape index (κ1) is 40.0. The standard InChI is InChI=1S/C60H52N2/c1-43(2)45-15-17-49(18-16-45)52-25-37-58(38-26-52)61(55-31-19-46(20-32-55)44(3)4)59-39-27-53(28-40-59)54-29-41-60(42-30-54)62(56-33-21-50(22-34-56)47-11-7-5-8-12-47)57-35-23-51(24-36-57)48-13-9-6-10-14-48/h5-44H,1-4H3. The normalized spacial score (nSPS) is 11.2. The van der Waals surface area contributed by atoms with Gasteiger partial charge < -0.3 is 9.80 Å². The molecule has 0 aliphatic carbocycles. The van der Waals surface area contributed by atoms with Gasteiger partial charge in [-0.3, -0.25) is 0 Å². The minimum Gasteiger partial charge on any atom is -0.311 e. The maximum Gasteiger partial charge on any atom is 0.0462 e. The van der Waals surface area contributed by atoms with Gasteiger partial charge in [0.25, 0.3) is 0 Å². The Balaban J connectivity index is 1.01. The Morgan fingerprint density at radius 1 is 0.210 bits per heavy atom. The topological polar surface area (TPSA) is 6.48 Å². The highest BCUT2D eigenvalue weighted by Gasteiger charge is 2.16.